The van der Waals surface area contributed by atoms with E-state index < -0.39 is 0 Å². The average Bonchev–Trinajstić information content (AvgIpc) is 3.02. The van der Waals surface area contributed by atoms with Crippen LogP contribution in [-0.2, 0) is 18.3 Å². The molecular weight excluding hydrogens is 316 g/mol. The Labute approximate surface area is 148 Å². The molecule has 1 aliphatic heterocycles. The molecule has 3 heterocycles. The van der Waals surface area contributed by atoms with E-state index in [1.807, 2.05) is 22.6 Å². The fourth-order valence-corrected chi connectivity index (χ4v) is 3.91. The van der Waals surface area contributed by atoms with Crippen LogP contribution in [-0.4, -0.2) is 38.7 Å². The third kappa shape index (κ3) is 3.48. The number of furan rings is 1. The minimum atomic E-state index is 0.213. The summed E-state index contributed by atoms with van der Waals surface area (Å²) in [7, 11) is 1.96. The van der Waals surface area contributed by atoms with Crippen molar-refractivity contribution in [1.29, 1.82) is 0 Å². The minimum absolute atomic E-state index is 0.213. The Morgan fingerprint density at radius 1 is 1.40 bits per heavy atom. The molecule has 134 valence electrons. The van der Waals surface area contributed by atoms with E-state index in [9.17, 15) is 4.79 Å². The second-order valence-electron chi connectivity index (χ2n) is 7.60. The van der Waals surface area contributed by atoms with E-state index in [4.69, 9.17) is 4.42 Å². The summed E-state index contributed by atoms with van der Waals surface area (Å²) >= 11 is 0. The molecule has 3 atom stereocenters. The van der Waals surface area contributed by atoms with Gasteiger partial charge in [-0.3, -0.25) is 4.79 Å². The lowest BCUT2D eigenvalue weighted by Crippen LogP contribution is -2.39. The number of carbonyl (C=O) groups excluding carboxylic acids is 1. The molecular formula is C19H26N4O2. The van der Waals surface area contributed by atoms with Gasteiger partial charge in [0, 0.05) is 44.8 Å². The summed E-state index contributed by atoms with van der Waals surface area (Å²) in [4.78, 5) is 14.6. The molecule has 6 heteroatoms. The SMILES string of the molecule is CC1CC1c1ccc(CCC(=O)N2CCCC(c3nncn3C)C2)o1. The predicted octanol–water partition coefficient (Wildman–Crippen LogP) is 2.87. The number of rotatable bonds is 5. The monoisotopic (exact) mass is 342 g/mol. The third-order valence-electron chi connectivity index (χ3n) is 5.63. The van der Waals surface area contributed by atoms with Gasteiger partial charge in [-0.15, -0.1) is 10.2 Å². The zero-order valence-corrected chi connectivity index (χ0v) is 15.0. The number of hydrogen-bond acceptors (Lipinski definition) is 4. The number of carbonyl (C=O) groups is 1. The first kappa shape index (κ1) is 16.4. The highest BCUT2D eigenvalue weighted by Crippen LogP contribution is 2.47. The summed E-state index contributed by atoms with van der Waals surface area (Å²) in [6.45, 7) is 3.84. The smallest absolute Gasteiger partial charge is 0.223 e. The number of likely N-dealkylation sites (tertiary alicyclic amines) is 1. The topological polar surface area (TPSA) is 64.2 Å². The van der Waals surface area contributed by atoms with Gasteiger partial charge in [0.05, 0.1) is 0 Å². The molecule has 2 aliphatic rings. The van der Waals surface area contributed by atoms with Crippen LogP contribution in [0.2, 0.25) is 0 Å². The fraction of sp³-hybridized carbons (Fsp3) is 0.632. The van der Waals surface area contributed by atoms with Gasteiger partial charge in [0.1, 0.15) is 23.7 Å². The van der Waals surface area contributed by atoms with Crippen molar-refractivity contribution >= 4 is 5.91 Å². The molecule has 1 saturated heterocycles. The molecule has 0 aromatic carbocycles. The first-order valence-electron chi connectivity index (χ1n) is 9.32. The van der Waals surface area contributed by atoms with E-state index in [0.717, 1.165) is 49.2 Å². The molecule has 25 heavy (non-hydrogen) atoms. The number of hydrogen-bond donors (Lipinski definition) is 0. The molecule has 4 rings (SSSR count). The standard InChI is InChI=1S/C19H26N4O2/c1-13-10-16(13)17-7-5-15(25-17)6-8-18(24)23-9-3-4-14(11-23)19-21-20-12-22(19)2/h5,7,12-14,16H,3-4,6,8-11H2,1-2H3. The van der Waals surface area contributed by atoms with Gasteiger partial charge in [-0.2, -0.15) is 0 Å². The van der Waals surface area contributed by atoms with Crippen LogP contribution >= 0.6 is 0 Å². The molecule has 0 N–H and O–H groups in total. The number of aromatic nitrogens is 3. The van der Waals surface area contributed by atoms with Gasteiger partial charge in [0.25, 0.3) is 0 Å². The molecule has 2 aromatic heterocycles. The van der Waals surface area contributed by atoms with Crippen LogP contribution in [0.15, 0.2) is 22.9 Å². The van der Waals surface area contributed by atoms with Crippen molar-refractivity contribution in [2.45, 2.75) is 50.9 Å². The summed E-state index contributed by atoms with van der Waals surface area (Å²) in [5.41, 5.74) is 0. The van der Waals surface area contributed by atoms with E-state index in [1.54, 1.807) is 6.33 Å². The van der Waals surface area contributed by atoms with Crippen molar-refractivity contribution in [3.63, 3.8) is 0 Å². The Morgan fingerprint density at radius 2 is 2.24 bits per heavy atom. The van der Waals surface area contributed by atoms with E-state index in [1.165, 1.54) is 6.42 Å². The van der Waals surface area contributed by atoms with E-state index in [2.05, 4.69) is 23.2 Å². The molecule has 2 aromatic rings. The van der Waals surface area contributed by atoms with Gasteiger partial charge >= 0.3 is 0 Å². The van der Waals surface area contributed by atoms with Crippen LogP contribution in [0.1, 0.15) is 61.8 Å². The molecule has 6 nitrogen and oxygen atoms in total. The molecule has 0 bridgehead atoms. The maximum atomic E-state index is 12.6. The van der Waals surface area contributed by atoms with E-state index >= 15 is 0 Å². The maximum absolute atomic E-state index is 12.6. The van der Waals surface area contributed by atoms with Crippen molar-refractivity contribution in [2.75, 3.05) is 13.1 Å². The summed E-state index contributed by atoms with van der Waals surface area (Å²) < 4.78 is 7.88. The van der Waals surface area contributed by atoms with E-state index in [0.29, 0.717) is 18.8 Å². The molecule has 0 radical (unpaired) electrons. The van der Waals surface area contributed by atoms with E-state index in [-0.39, 0.29) is 11.8 Å². The van der Waals surface area contributed by atoms with Crippen molar-refractivity contribution in [3.05, 3.63) is 35.8 Å². The minimum Gasteiger partial charge on any atom is -0.466 e. The van der Waals surface area contributed by atoms with Crippen LogP contribution in [0, 0.1) is 5.92 Å². The Morgan fingerprint density at radius 3 is 2.96 bits per heavy atom. The lowest BCUT2D eigenvalue weighted by Gasteiger charge is -2.32. The zero-order chi connectivity index (χ0) is 17.4. The van der Waals surface area contributed by atoms with Gasteiger partial charge < -0.3 is 13.9 Å². The van der Waals surface area contributed by atoms with Crippen LogP contribution in [0.25, 0.3) is 0 Å². The molecule has 0 spiro atoms. The van der Waals surface area contributed by atoms with Crippen molar-refractivity contribution in [2.24, 2.45) is 13.0 Å². The molecule has 1 saturated carbocycles. The van der Waals surface area contributed by atoms with Gasteiger partial charge in [-0.1, -0.05) is 6.92 Å². The molecule has 3 unspecified atom stereocenters. The zero-order valence-electron chi connectivity index (χ0n) is 15.0. The average molecular weight is 342 g/mol. The summed E-state index contributed by atoms with van der Waals surface area (Å²) in [5, 5.41) is 8.18. The highest BCUT2D eigenvalue weighted by Gasteiger charge is 2.36. The summed E-state index contributed by atoms with van der Waals surface area (Å²) in [5.74, 6) is 4.85. The lowest BCUT2D eigenvalue weighted by atomic mass is 9.96. The Hall–Kier alpha value is -2.11. The molecule has 2 fully saturated rings. The normalized spacial score (nSPS) is 26.0. The number of amides is 1. The Bertz CT molecular complexity index is 750. The second kappa shape index (κ2) is 6.65. The van der Waals surface area contributed by atoms with Crippen LogP contribution in [0.4, 0.5) is 0 Å². The highest BCUT2D eigenvalue weighted by molar-refractivity contribution is 5.76. The first-order chi connectivity index (χ1) is 12.1. The molecule has 1 amide bonds. The lowest BCUT2D eigenvalue weighted by molar-refractivity contribution is -0.132. The first-order valence-corrected chi connectivity index (χ1v) is 9.32. The number of aryl methyl sites for hydroxylation is 2. The number of piperidine rings is 1. The molecule has 1 aliphatic carbocycles. The summed E-state index contributed by atoms with van der Waals surface area (Å²) in [6.07, 6.45) is 6.24. The van der Waals surface area contributed by atoms with Crippen LogP contribution in [0.3, 0.4) is 0 Å². The van der Waals surface area contributed by atoms with Crippen molar-refractivity contribution in [1.82, 2.24) is 19.7 Å². The van der Waals surface area contributed by atoms with Crippen molar-refractivity contribution < 1.29 is 9.21 Å². The van der Waals surface area contributed by atoms with Crippen LogP contribution < -0.4 is 0 Å². The Kier molecular flexibility index (Phi) is 4.36. The van der Waals surface area contributed by atoms with Gasteiger partial charge in [0.2, 0.25) is 5.91 Å². The third-order valence-corrected chi connectivity index (χ3v) is 5.63. The van der Waals surface area contributed by atoms with Gasteiger partial charge in [0.15, 0.2) is 0 Å². The maximum Gasteiger partial charge on any atom is 0.223 e. The predicted molar refractivity (Wildman–Crippen MR) is 93.1 cm³/mol. The van der Waals surface area contributed by atoms with Gasteiger partial charge in [-0.05, 0) is 37.3 Å². The highest BCUT2D eigenvalue weighted by atomic mass is 16.3. The number of nitrogens with zero attached hydrogens (tertiary/aromatic N) is 4. The largest absolute Gasteiger partial charge is 0.466 e. The Balaban J connectivity index is 1.31. The summed E-state index contributed by atoms with van der Waals surface area (Å²) in [6, 6.07) is 4.12. The van der Waals surface area contributed by atoms with Crippen LogP contribution in [0.5, 0.6) is 0 Å². The van der Waals surface area contributed by atoms with Gasteiger partial charge in [-0.25, -0.2) is 0 Å². The van der Waals surface area contributed by atoms with Crippen molar-refractivity contribution in [3.8, 4) is 0 Å². The quantitative estimate of drug-likeness (QED) is 0.838. The second-order valence-corrected chi connectivity index (χ2v) is 7.60. The fourth-order valence-electron chi connectivity index (χ4n) is 3.91.